The monoisotopic (exact) mass is 228 g/mol. The van der Waals surface area contributed by atoms with E-state index >= 15 is 0 Å². The Morgan fingerprint density at radius 3 is 2.47 bits per heavy atom. The van der Waals surface area contributed by atoms with E-state index in [4.69, 9.17) is 5.73 Å². The highest BCUT2D eigenvalue weighted by atomic mass is 14.9. The van der Waals surface area contributed by atoms with Gasteiger partial charge < -0.3 is 10.3 Å². The first-order valence-electron chi connectivity index (χ1n) is 6.10. The van der Waals surface area contributed by atoms with E-state index in [1.165, 1.54) is 22.3 Å². The van der Waals surface area contributed by atoms with Crippen LogP contribution in [0.1, 0.15) is 22.3 Å². The van der Waals surface area contributed by atoms with Crippen molar-refractivity contribution in [3.8, 4) is 0 Å². The van der Waals surface area contributed by atoms with Crippen LogP contribution in [-0.2, 0) is 13.0 Å². The summed E-state index contributed by atoms with van der Waals surface area (Å²) in [4.78, 5) is 0. The molecule has 2 rings (SSSR count). The van der Waals surface area contributed by atoms with Crippen molar-refractivity contribution in [2.75, 3.05) is 6.54 Å². The van der Waals surface area contributed by atoms with Gasteiger partial charge in [-0.1, -0.05) is 18.2 Å². The average Bonchev–Trinajstić information content (AvgIpc) is 2.72. The Labute approximate surface area is 103 Å². The molecule has 90 valence electrons. The fourth-order valence-electron chi connectivity index (χ4n) is 2.18. The standard InChI is InChI=1S/C15H20N2/c1-12-4-3-5-13(2)15(12)11-17-9-7-14(10-17)6-8-16/h3-5,7,9-10H,6,8,11,16H2,1-2H3. The van der Waals surface area contributed by atoms with Crippen molar-refractivity contribution >= 4 is 0 Å². The maximum absolute atomic E-state index is 5.56. The summed E-state index contributed by atoms with van der Waals surface area (Å²) >= 11 is 0. The molecule has 0 saturated heterocycles. The second-order valence-electron chi connectivity index (χ2n) is 4.60. The van der Waals surface area contributed by atoms with Gasteiger partial charge in [-0.15, -0.1) is 0 Å². The van der Waals surface area contributed by atoms with Crippen molar-refractivity contribution in [3.63, 3.8) is 0 Å². The normalized spacial score (nSPS) is 10.8. The molecule has 0 aliphatic carbocycles. The number of aryl methyl sites for hydroxylation is 2. The van der Waals surface area contributed by atoms with Crippen LogP contribution in [0.4, 0.5) is 0 Å². The third-order valence-electron chi connectivity index (χ3n) is 3.23. The Hall–Kier alpha value is -1.54. The van der Waals surface area contributed by atoms with E-state index in [1.54, 1.807) is 0 Å². The number of benzene rings is 1. The molecule has 0 spiro atoms. The lowest BCUT2D eigenvalue weighted by atomic mass is 10.0. The third kappa shape index (κ3) is 2.77. The number of nitrogens with zero attached hydrogens (tertiary/aromatic N) is 1. The summed E-state index contributed by atoms with van der Waals surface area (Å²) in [5.74, 6) is 0. The Bertz CT molecular complexity index is 477. The molecule has 0 unspecified atom stereocenters. The van der Waals surface area contributed by atoms with Crippen LogP contribution in [0, 0.1) is 13.8 Å². The van der Waals surface area contributed by atoms with E-state index in [0.717, 1.165) is 13.0 Å². The van der Waals surface area contributed by atoms with Crippen molar-refractivity contribution in [2.45, 2.75) is 26.8 Å². The molecule has 0 atom stereocenters. The molecule has 2 heteroatoms. The van der Waals surface area contributed by atoms with Gasteiger partial charge in [0.1, 0.15) is 0 Å². The molecule has 1 aromatic carbocycles. The summed E-state index contributed by atoms with van der Waals surface area (Å²) in [6.45, 7) is 6.01. The molecule has 0 amide bonds. The lowest BCUT2D eigenvalue weighted by Crippen LogP contribution is -2.03. The molecule has 2 aromatic rings. The summed E-state index contributed by atoms with van der Waals surface area (Å²) < 4.78 is 2.24. The molecule has 0 saturated carbocycles. The smallest absolute Gasteiger partial charge is 0.0475 e. The van der Waals surface area contributed by atoms with Crippen LogP contribution in [0.5, 0.6) is 0 Å². The molecular formula is C15H20N2. The maximum Gasteiger partial charge on any atom is 0.0475 e. The Balaban J connectivity index is 2.19. The fourth-order valence-corrected chi connectivity index (χ4v) is 2.18. The number of hydrogen-bond donors (Lipinski definition) is 1. The SMILES string of the molecule is Cc1cccc(C)c1Cn1ccc(CCN)c1. The summed E-state index contributed by atoms with van der Waals surface area (Å²) in [7, 11) is 0. The Morgan fingerprint density at radius 1 is 1.12 bits per heavy atom. The molecule has 0 aliphatic rings. The second-order valence-corrected chi connectivity index (χ2v) is 4.60. The van der Waals surface area contributed by atoms with E-state index in [9.17, 15) is 0 Å². The molecule has 2 nitrogen and oxygen atoms in total. The molecule has 0 bridgehead atoms. The average molecular weight is 228 g/mol. The van der Waals surface area contributed by atoms with Gasteiger partial charge in [0.2, 0.25) is 0 Å². The first-order valence-corrected chi connectivity index (χ1v) is 6.10. The van der Waals surface area contributed by atoms with Crippen molar-refractivity contribution in [1.29, 1.82) is 0 Å². The molecule has 0 radical (unpaired) electrons. The lowest BCUT2D eigenvalue weighted by Gasteiger charge is -2.10. The highest BCUT2D eigenvalue weighted by Crippen LogP contribution is 2.15. The first-order chi connectivity index (χ1) is 8.20. The predicted molar refractivity (Wildman–Crippen MR) is 72.2 cm³/mol. The van der Waals surface area contributed by atoms with Gasteiger partial charge in [0.25, 0.3) is 0 Å². The zero-order chi connectivity index (χ0) is 12.3. The fraction of sp³-hybridized carbons (Fsp3) is 0.333. The summed E-state index contributed by atoms with van der Waals surface area (Å²) in [6, 6.07) is 8.61. The van der Waals surface area contributed by atoms with Crippen LogP contribution < -0.4 is 5.73 Å². The van der Waals surface area contributed by atoms with Crippen LogP contribution in [0.15, 0.2) is 36.7 Å². The van der Waals surface area contributed by atoms with Crippen LogP contribution in [0.3, 0.4) is 0 Å². The molecule has 2 N–H and O–H groups in total. The minimum Gasteiger partial charge on any atom is -0.350 e. The topological polar surface area (TPSA) is 30.9 Å². The van der Waals surface area contributed by atoms with Crippen LogP contribution in [0.2, 0.25) is 0 Å². The lowest BCUT2D eigenvalue weighted by molar-refractivity contribution is 0.789. The van der Waals surface area contributed by atoms with Gasteiger partial charge in [-0.25, -0.2) is 0 Å². The van der Waals surface area contributed by atoms with E-state index in [0.29, 0.717) is 6.54 Å². The largest absolute Gasteiger partial charge is 0.350 e. The van der Waals surface area contributed by atoms with Crippen molar-refractivity contribution < 1.29 is 0 Å². The van der Waals surface area contributed by atoms with Gasteiger partial charge in [-0.2, -0.15) is 0 Å². The highest BCUT2D eigenvalue weighted by Gasteiger charge is 2.03. The number of aromatic nitrogens is 1. The molecule has 1 aromatic heterocycles. The highest BCUT2D eigenvalue weighted by molar-refractivity contribution is 5.33. The minimum absolute atomic E-state index is 0.716. The van der Waals surface area contributed by atoms with Gasteiger partial charge >= 0.3 is 0 Å². The summed E-state index contributed by atoms with van der Waals surface area (Å²) in [5.41, 5.74) is 11.0. The van der Waals surface area contributed by atoms with Crippen LogP contribution in [-0.4, -0.2) is 11.1 Å². The number of rotatable bonds is 4. The minimum atomic E-state index is 0.716. The van der Waals surface area contributed by atoms with Crippen molar-refractivity contribution in [1.82, 2.24) is 4.57 Å². The third-order valence-corrected chi connectivity index (χ3v) is 3.23. The zero-order valence-corrected chi connectivity index (χ0v) is 10.6. The van der Waals surface area contributed by atoms with Crippen LogP contribution in [0.25, 0.3) is 0 Å². The predicted octanol–water partition coefficient (Wildman–Crippen LogP) is 2.65. The van der Waals surface area contributed by atoms with E-state index in [1.807, 2.05) is 0 Å². The zero-order valence-electron chi connectivity index (χ0n) is 10.6. The molecule has 0 aliphatic heterocycles. The van der Waals surface area contributed by atoms with Gasteiger partial charge in [-0.3, -0.25) is 0 Å². The van der Waals surface area contributed by atoms with Gasteiger partial charge in [-0.05, 0) is 55.1 Å². The van der Waals surface area contributed by atoms with E-state index in [2.05, 4.69) is 55.1 Å². The quantitative estimate of drug-likeness (QED) is 0.857. The molecule has 0 fully saturated rings. The van der Waals surface area contributed by atoms with Crippen LogP contribution >= 0.6 is 0 Å². The second kappa shape index (κ2) is 5.19. The Morgan fingerprint density at radius 2 is 1.82 bits per heavy atom. The summed E-state index contributed by atoms with van der Waals surface area (Å²) in [6.07, 6.45) is 5.29. The molecule has 17 heavy (non-hydrogen) atoms. The van der Waals surface area contributed by atoms with Crippen molar-refractivity contribution in [2.24, 2.45) is 5.73 Å². The van der Waals surface area contributed by atoms with Gasteiger partial charge in [0, 0.05) is 18.9 Å². The van der Waals surface area contributed by atoms with E-state index < -0.39 is 0 Å². The Kier molecular flexibility index (Phi) is 3.64. The molecule has 1 heterocycles. The molecular weight excluding hydrogens is 208 g/mol. The number of hydrogen-bond acceptors (Lipinski definition) is 1. The van der Waals surface area contributed by atoms with Gasteiger partial charge in [0.15, 0.2) is 0 Å². The number of nitrogens with two attached hydrogens (primary N) is 1. The van der Waals surface area contributed by atoms with E-state index in [-0.39, 0.29) is 0 Å². The maximum atomic E-state index is 5.56. The summed E-state index contributed by atoms with van der Waals surface area (Å²) in [5, 5.41) is 0. The van der Waals surface area contributed by atoms with Crippen molar-refractivity contribution in [3.05, 3.63) is 58.9 Å². The van der Waals surface area contributed by atoms with Gasteiger partial charge in [0.05, 0.1) is 0 Å². The first kappa shape index (κ1) is 11.9.